The van der Waals surface area contributed by atoms with Gasteiger partial charge in [-0.15, -0.1) is 0 Å². The number of hydrogen-bond donors (Lipinski definition) is 3. The molecule has 2 rings (SSSR count). The smallest absolute Gasteiger partial charge is 0.337 e. The molecule has 1 fully saturated rings. The van der Waals surface area contributed by atoms with Crippen molar-refractivity contribution in [1.29, 1.82) is 0 Å². The minimum Gasteiger partial charge on any atom is -0.479 e. The van der Waals surface area contributed by atoms with Crippen LogP contribution in [-0.4, -0.2) is 52.2 Å². The molecule has 0 aliphatic carbocycles. The van der Waals surface area contributed by atoms with Crippen LogP contribution in [0.2, 0.25) is 0 Å². The Bertz CT molecular complexity index is 739. The van der Waals surface area contributed by atoms with E-state index >= 15 is 0 Å². The number of carboxylic acids is 1. The van der Waals surface area contributed by atoms with Gasteiger partial charge in [-0.1, -0.05) is 13.8 Å². The monoisotopic (exact) mass is 379 g/mol. The van der Waals surface area contributed by atoms with Crippen LogP contribution in [0.3, 0.4) is 0 Å². The van der Waals surface area contributed by atoms with Crippen LogP contribution in [0, 0.1) is 22.0 Å². The third-order valence-electron chi connectivity index (χ3n) is 4.70. The molecule has 0 spiro atoms. The summed E-state index contributed by atoms with van der Waals surface area (Å²) in [5.41, 5.74) is -1.80. The van der Waals surface area contributed by atoms with E-state index in [-0.39, 0.29) is 11.3 Å². The first-order valence-electron chi connectivity index (χ1n) is 8.78. The average molecular weight is 379 g/mol. The van der Waals surface area contributed by atoms with Crippen LogP contribution in [0.4, 0.5) is 11.4 Å². The molecule has 0 saturated carbocycles. The van der Waals surface area contributed by atoms with Crippen molar-refractivity contribution in [3.8, 4) is 0 Å². The van der Waals surface area contributed by atoms with Gasteiger partial charge in [-0.3, -0.25) is 14.9 Å². The van der Waals surface area contributed by atoms with Gasteiger partial charge in [-0.2, -0.15) is 0 Å². The second kappa shape index (κ2) is 7.91. The highest BCUT2D eigenvalue weighted by atomic mass is 16.6. The van der Waals surface area contributed by atoms with Crippen molar-refractivity contribution in [3.05, 3.63) is 33.9 Å². The van der Waals surface area contributed by atoms with Crippen molar-refractivity contribution in [3.63, 3.8) is 0 Å². The zero-order valence-corrected chi connectivity index (χ0v) is 15.6. The molecular formula is C18H25N3O6. The molecule has 27 heavy (non-hydrogen) atoms. The maximum Gasteiger partial charge on any atom is 0.337 e. The minimum absolute atomic E-state index is 0.0322. The van der Waals surface area contributed by atoms with Gasteiger partial charge in [0.2, 0.25) is 0 Å². The van der Waals surface area contributed by atoms with Crippen LogP contribution in [-0.2, 0) is 4.79 Å². The van der Waals surface area contributed by atoms with Crippen LogP contribution in [0.1, 0.15) is 37.6 Å². The van der Waals surface area contributed by atoms with Gasteiger partial charge in [0.05, 0.1) is 11.5 Å². The average Bonchev–Trinajstić information content (AvgIpc) is 2.58. The van der Waals surface area contributed by atoms with Crippen molar-refractivity contribution < 1.29 is 24.7 Å². The molecule has 1 saturated heterocycles. The number of nitrogens with zero attached hydrogens (tertiary/aromatic N) is 2. The van der Waals surface area contributed by atoms with Gasteiger partial charge in [0, 0.05) is 24.7 Å². The summed E-state index contributed by atoms with van der Waals surface area (Å²) < 4.78 is 0. The summed E-state index contributed by atoms with van der Waals surface area (Å²) in [6, 6.07) is 4.20. The highest BCUT2D eigenvalue weighted by Crippen LogP contribution is 2.33. The van der Waals surface area contributed by atoms with E-state index in [1.165, 1.54) is 12.1 Å². The molecule has 9 nitrogen and oxygen atoms in total. The summed E-state index contributed by atoms with van der Waals surface area (Å²) in [6.45, 7) is 6.16. The second-order valence-electron chi connectivity index (χ2n) is 7.57. The van der Waals surface area contributed by atoms with Crippen LogP contribution in [0.15, 0.2) is 18.2 Å². The molecule has 1 amide bonds. The fourth-order valence-electron chi connectivity index (χ4n) is 3.37. The second-order valence-corrected chi connectivity index (χ2v) is 7.57. The lowest BCUT2D eigenvalue weighted by molar-refractivity contribution is -0.384. The molecule has 3 atom stereocenters. The maximum absolute atomic E-state index is 12.2. The van der Waals surface area contributed by atoms with Crippen LogP contribution >= 0.6 is 0 Å². The lowest BCUT2D eigenvalue weighted by Crippen LogP contribution is -2.46. The summed E-state index contributed by atoms with van der Waals surface area (Å²) in [6.07, 6.45) is 1.06. The molecule has 1 aliphatic rings. The third kappa shape index (κ3) is 4.94. The summed E-state index contributed by atoms with van der Waals surface area (Å²) in [5, 5.41) is 32.4. The number of nitrogens with one attached hydrogen (secondary N) is 1. The lowest BCUT2D eigenvalue weighted by Gasteiger charge is -2.36. The van der Waals surface area contributed by atoms with E-state index in [2.05, 4.69) is 19.2 Å². The summed E-state index contributed by atoms with van der Waals surface area (Å²) in [5.74, 6) is -1.34. The quantitative estimate of drug-likeness (QED) is 0.505. The Morgan fingerprint density at radius 3 is 2.44 bits per heavy atom. The molecule has 1 aromatic rings. The first kappa shape index (κ1) is 20.6. The fourth-order valence-corrected chi connectivity index (χ4v) is 3.37. The normalized spacial score (nSPS) is 22.0. The Morgan fingerprint density at radius 2 is 1.93 bits per heavy atom. The molecule has 0 radical (unpaired) electrons. The van der Waals surface area contributed by atoms with Gasteiger partial charge in [0.15, 0.2) is 5.60 Å². The number of carboxylic acid groups (broad SMARTS) is 1. The zero-order valence-electron chi connectivity index (χ0n) is 15.6. The van der Waals surface area contributed by atoms with E-state index in [0.717, 1.165) is 13.3 Å². The van der Waals surface area contributed by atoms with E-state index in [9.17, 15) is 24.8 Å². The number of amides is 1. The van der Waals surface area contributed by atoms with E-state index in [1.54, 1.807) is 6.07 Å². The highest BCUT2D eigenvalue weighted by Gasteiger charge is 2.31. The Kier molecular flexibility index (Phi) is 6.04. The molecule has 1 heterocycles. The molecule has 0 aromatic heterocycles. The Labute approximate surface area is 157 Å². The van der Waals surface area contributed by atoms with Gasteiger partial charge in [-0.05, 0) is 37.3 Å². The standard InChI is InChI=1S/C18H25N3O6/c1-11-6-12(2)9-20(8-11)14-5-4-13(7-15(14)21(26)27)16(22)19-10-18(3,25)17(23)24/h4-5,7,11-12,25H,6,8-10H2,1-3H3,(H,19,22)(H,23,24). The van der Waals surface area contributed by atoms with E-state index in [1.807, 2.05) is 4.90 Å². The van der Waals surface area contributed by atoms with Gasteiger partial charge in [0.25, 0.3) is 11.6 Å². The molecule has 3 N–H and O–H groups in total. The van der Waals surface area contributed by atoms with E-state index < -0.39 is 28.9 Å². The number of nitro benzene ring substituents is 1. The number of piperidine rings is 1. The molecule has 9 heteroatoms. The van der Waals surface area contributed by atoms with Crippen LogP contribution in [0.25, 0.3) is 0 Å². The van der Waals surface area contributed by atoms with Crippen LogP contribution in [0.5, 0.6) is 0 Å². The Balaban J connectivity index is 2.23. The largest absolute Gasteiger partial charge is 0.479 e. The van der Waals surface area contributed by atoms with Crippen molar-refractivity contribution in [2.24, 2.45) is 11.8 Å². The number of carbonyl (C=O) groups is 2. The molecule has 148 valence electrons. The summed E-state index contributed by atoms with van der Waals surface area (Å²) in [7, 11) is 0. The van der Waals surface area contributed by atoms with Crippen molar-refractivity contribution >= 4 is 23.3 Å². The van der Waals surface area contributed by atoms with Gasteiger partial charge >= 0.3 is 5.97 Å². The van der Waals surface area contributed by atoms with Crippen molar-refractivity contribution in [1.82, 2.24) is 5.32 Å². The number of aliphatic carboxylic acids is 1. The summed E-state index contributed by atoms with van der Waals surface area (Å²) in [4.78, 5) is 36.1. The Hall–Kier alpha value is -2.68. The summed E-state index contributed by atoms with van der Waals surface area (Å²) >= 11 is 0. The van der Waals surface area contributed by atoms with Gasteiger partial charge in [-0.25, -0.2) is 4.79 Å². The molecule has 0 bridgehead atoms. The minimum atomic E-state index is -2.12. The number of anilines is 1. The third-order valence-corrected chi connectivity index (χ3v) is 4.70. The fraction of sp³-hybridized carbons (Fsp3) is 0.556. The number of rotatable bonds is 6. The predicted octanol–water partition coefficient (Wildman–Crippen LogP) is 1.64. The van der Waals surface area contributed by atoms with Gasteiger partial charge < -0.3 is 20.4 Å². The molecule has 1 aromatic carbocycles. The van der Waals surface area contributed by atoms with E-state index in [4.69, 9.17) is 5.11 Å². The Morgan fingerprint density at radius 1 is 1.33 bits per heavy atom. The van der Waals surface area contributed by atoms with Gasteiger partial charge in [0.1, 0.15) is 5.69 Å². The SMILES string of the molecule is CC1CC(C)CN(c2ccc(C(=O)NCC(C)(O)C(=O)O)cc2[N+](=O)[O-])C1. The molecule has 3 unspecified atom stereocenters. The number of aliphatic hydroxyl groups is 1. The number of hydrogen-bond acceptors (Lipinski definition) is 6. The van der Waals surface area contributed by atoms with E-state index in [0.29, 0.717) is 30.6 Å². The first-order valence-corrected chi connectivity index (χ1v) is 8.78. The first-order chi connectivity index (χ1) is 12.5. The molecule has 1 aliphatic heterocycles. The topological polar surface area (TPSA) is 133 Å². The maximum atomic E-state index is 12.2. The zero-order chi connectivity index (χ0) is 20.4. The number of nitro groups is 1. The number of carbonyl (C=O) groups excluding carboxylic acids is 1. The molecular weight excluding hydrogens is 354 g/mol. The highest BCUT2D eigenvalue weighted by molar-refractivity contribution is 5.96. The van der Waals surface area contributed by atoms with Crippen molar-refractivity contribution in [2.45, 2.75) is 32.8 Å². The van der Waals surface area contributed by atoms with Crippen molar-refractivity contribution in [2.75, 3.05) is 24.5 Å². The predicted molar refractivity (Wildman–Crippen MR) is 98.8 cm³/mol. The lowest BCUT2D eigenvalue weighted by atomic mass is 9.91. The number of benzene rings is 1. The van der Waals surface area contributed by atoms with Crippen LogP contribution < -0.4 is 10.2 Å².